The van der Waals surface area contributed by atoms with E-state index in [2.05, 4.69) is 5.32 Å². The first kappa shape index (κ1) is 12.5. The fourth-order valence-corrected chi connectivity index (χ4v) is 2.17. The van der Waals surface area contributed by atoms with Crippen LogP contribution in [0.2, 0.25) is 0 Å². The molecule has 20 heavy (non-hydrogen) atoms. The van der Waals surface area contributed by atoms with E-state index in [1.807, 2.05) is 0 Å². The van der Waals surface area contributed by atoms with Crippen molar-refractivity contribution in [3.05, 3.63) is 59.4 Å². The van der Waals surface area contributed by atoms with Gasteiger partial charge in [-0.05, 0) is 35.9 Å². The Morgan fingerprint density at radius 3 is 2.45 bits per heavy atom. The number of para-hydroxylation sites is 1. The van der Waals surface area contributed by atoms with Gasteiger partial charge in [0.05, 0.1) is 6.54 Å². The quantitative estimate of drug-likeness (QED) is 0.848. The Bertz CT molecular complexity index is 683. The number of fused-ring (bicyclic) bond motifs is 1. The highest BCUT2D eigenvalue weighted by Gasteiger charge is 2.28. The maximum atomic E-state index is 13.7. The average Bonchev–Trinajstić information content (AvgIpc) is 2.39. The first-order valence-corrected chi connectivity index (χ1v) is 5.87. The van der Waals surface area contributed by atoms with E-state index in [0.717, 1.165) is 17.0 Å². The number of urea groups is 1. The van der Waals surface area contributed by atoms with Gasteiger partial charge in [0, 0.05) is 5.69 Å². The predicted octanol–water partition coefficient (Wildman–Crippen LogP) is 3.66. The average molecular weight is 278 g/mol. The predicted molar refractivity (Wildman–Crippen MR) is 68.0 cm³/mol. The lowest BCUT2D eigenvalue weighted by Crippen LogP contribution is -2.39. The van der Waals surface area contributed by atoms with E-state index < -0.39 is 29.2 Å². The number of benzene rings is 2. The number of halogens is 3. The van der Waals surface area contributed by atoms with E-state index in [0.29, 0.717) is 11.3 Å². The molecule has 0 unspecified atom stereocenters. The Labute approximate surface area is 112 Å². The van der Waals surface area contributed by atoms with Gasteiger partial charge in [-0.3, -0.25) is 4.90 Å². The van der Waals surface area contributed by atoms with Gasteiger partial charge < -0.3 is 5.32 Å². The molecule has 0 saturated carbocycles. The molecule has 0 saturated heterocycles. The summed E-state index contributed by atoms with van der Waals surface area (Å²) < 4.78 is 40.7. The third kappa shape index (κ3) is 1.99. The van der Waals surface area contributed by atoms with Gasteiger partial charge in [-0.1, -0.05) is 6.07 Å². The fourth-order valence-electron chi connectivity index (χ4n) is 2.17. The van der Waals surface area contributed by atoms with E-state index in [-0.39, 0.29) is 6.54 Å². The number of rotatable bonds is 1. The second-order valence-electron chi connectivity index (χ2n) is 4.39. The fraction of sp³-hybridized carbons (Fsp3) is 0.0714. The minimum Gasteiger partial charge on any atom is -0.307 e. The van der Waals surface area contributed by atoms with Crippen molar-refractivity contribution in [2.24, 2.45) is 0 Å². The van der Waals surface area contributed by atoms with Gasteiger partial charge in [0.2, 0.25) is 0 Å². The normalized spacial score (nSPS) is 13.9. The highest BCUT2D eigenvalue weighted by atomic mass is 19.1. The van der Waals surface area contributed by atoms with Crippen LogP contribution in [-0.2, 0) is 6.54 Å². The van der Waals surface area contributed by atoms with Crippen molar-refractivity contribution in [2.45, 2.75) is 6.54 Å². The molecule has 0 aromatic heterocycles. The van der Waals surface area contributed by atoms with Gasteiger partial charge in [0.1, 0.15) is 23.1 Å². The van der Waals surface area contributed by atoms with Crippen LogP contribution < -0.4 is 10.2 Å². The van der Waals surface area contributed by atoms with Crippen LogP contribution >= 0.6 is 0 Å². The molecule has 0 bridgehead atoms. The van der Waals surface area contributed by atoms with Crippen LogP contribution in [0.25, 0.3) is 0 Å². The molecule has 102 valence electrons. The molecule has 3 nitrogen and oxygen atoms in total. The van der Waals surface area contributed by atoms with Crippen molar-refractivity contribution in [1.29, 1.82) is 0 Å². The summed E-state index contributed by atoms with van der Waals surface area (Å²) in [6, 6.07) is 6.52. The zero-order valence-corrected chi connectivity index (χ0v) is 10.2. The first-order chi connectivity index (χ1) is 9.56. The second kappa shape index (κ2) is 4.56. The van der Waals surface area contributed by atoms with Gasteiger partial charge in [-0.25, -0.2) is 18.0 Å². The van der Waals surface area contributed by atoms with E-state index in [1.54, 1.807) is 0 Å². The third-order valence-corrected chi connectivity index (χ3v) is 3.09. The van der Waals surface area contributed by atoms with Gasteiger partial charge in [0.25, 0.3) is 0 Å². The molecule has 1 N–H and O–H groups in total. The summed E-state index contributed by atoms with van der Waals surface area (Å²) in [6.07, 6.45) is 0. The topological polar surface area (TPSA) is 32.3 Å². The Kier molecular flexibility index (Phi) is 2.85. The monoisotopic (exact) mass is 278 g/mol. The van der Waals surface area contributed by atoms with Crippen molar-refractivity contribution >= 4 is 17.4 Å². The molecule has 2 amide bonds. The zero-order valence-electron chi connectivity index (χ0n) is 10.2. The third-order valence-electron chi connectivity index (χ3n) is 3.09. The van der Waals surface area contributed by atoms with Gasteiger partial charge in [0.15, 0.2) is 0 Å². The van der Waals surface area contributed by atoms with Crippen LogP contribution in [-0.4, -0.2) is 6.03 Å². The van der Waals surface area contributed by atoms with Gasteiger partial charge in [-0.15, -0.1) is 0 Å². The van der Waals surface area contributed by atoms with Crippen molar-refractivity contribution in [3.8, 4) is 0 Å². The van der Waals surface area contributed by atoms with Crippen molar-refractivity contribution in [1.82, 2.24) is 0 Å². The number of anilines is 2. The lowest BCUT2D eigenvalue weighted by molar-refractivity contribution is 0.255. The summed E-state index contributed by atoms with van der Waals surface area (Å²) in [5.41, 5.74) is 0.441. The van der Waals surface area contributed by atoms with Crippen LogP contribution in [0.3, 0.4) is 0 Å². The van der Waals surface area contributed by atoms with Crippen LogP contribution in [0.5, 0.6) is 0 Å². The van der Waals surface area contributed by atoms with Crippen molar-refractivity contribution < 1.29 is 18.0 Å². The maximum Gasteiger partial charge on any atom is 0.326 e. The molecule has 6 heteroatoms. The summed E-state index contributed by atoms with van der Waals surface area (Å²) in [5, 5.41) is 2.48. The Balaban J connectivity index is 2.06. The summed E-state index contributed by atoms with van der Waals surface area (Å²) in [4.78, 5) is 12.8. The Hall–Kier alpha value is -2.50. The number of carbonyl (C=O) groups excluding carboxylic acids is 1. The SMILES string of the molecule is O=C1Nc2ccc(F)cc2CN1c1c(F)cccc1F. The highest BCUT2D eigenvalue weighted by Crippen LogP contribution is 2.31. The van der Waals surface area contributed by atoms with E-state index in [1.165, 1.54) is 24.3 Å². The number of hydrogen-bond donors (Lipinski definition) is 1. The molecule has 0 aliphatic carbocycles. The summed E-state index contributed by atoms with van der Waals surface area (Å²) in [6.45, 7) is -0.100. The molecule has 0 atom stereocenters. The number of hydrogen-bond acceptors (Lipinski definition) is 1. The Morgan fingerprint density at radius 1 is 1.05 bits per heavy atom. The number of carbonyl (C=O) groups is 1. The molecule has 2 aromatic carbocycles. The van der Waals surface area contributed by atoms with Crippen LogP contribution in [0.1, 0.15) is 5.56 Å². The number of amides is 2. The maximum absolute atomic E-state index is 13.7. The van der Waals surface area contributed by atoms with E-state index >= 15 is 0 Å². The van der Waals surface area contributed by atoms with Crippen molar-refractivity contribution in [2.75, 3.05) is 10.2 Å². The molecule has 0 spiro atoms. The molecule has 3 rings (SSSR count). The molecule has 0 fully saturated rings. The molecular weight excluding hydrogens is 269 g/mol. The van der Waals surface area contributed by atoms with Gasteiger partial charge in [-0.2, -0.15) is 0 Å². The molecule has 1 aliphatic heterocycles. The Morgan fingerprint density at radius 2 is 1.75 bits per heavy atom. The molecular formula is C14H9F3N2O. The highest BCUT2D eigenvalue weighted by molar-refractivity contribution is 6.04. The smallest absolute Gasteiger partial charge is 0.307 e. The summed E-state index contributed by atoms with van der Waals surface area (Å²) >= 11 is 0. The standard InChI is InChI=1S/C14H9F3N2O/c15-9-4-5-12-8(6-9)7-19(14(20)18-12)13-10(16)2-1-3-11(13)17/h1-6H,7H2,(H,18,20). The lowest BCUT2D eigenvalue weighted by Gasteiger charge is -2.29. The van der Waals surface area contributed by atoms with E-state index in [4.69, 9.17) is 0 Å². The summed E-state index contributed by atoms with van der Waals surface area (Å²) in [7, 11) is 0. The second-order valence-corrected chi connectivity index (χ2v) is 4.39. The number of nitrogens with zero attached hydrogens (tertiary/aromatic N) is 1. The van der Waals surface area contributed by atoms with Crippen molar-refractivity contribution in [3.63, 3.8) is 0 Å². The molecule has 0 radical (unpaired) electrons. The number of nitrogens with one attached hydrogen (secondary N) is 1. The molecule has 2 aromatic rings. The largest absolute Gasteiger partial charge is 0.326 e. The lowest BCUT2D eigenvalue weighted by atomic mass is 10.1. The minimum absolute atomic E-state index is 0.100. The van der Waals surface area contributed by atoms with Crippen LogP contribution in [0.4, 0.5) is 29.3 Å². The first-order valence-electron chi connectivity index (χ1n) is 5.87. The summed E-state index contributed by atoms with van der Waals surface area (Å²) in [5.74, 6) is -2.17. The zero-order chi connectivity index (χ0) is 14.3. The van der Waals surface area contributed by atoms with Crippen LogP contribution in [0.15, 0.2) is 36.4 Å². The molecule has 1 aliphatic rings. The molecule has 1 heterocycles. The van der Waals surface area contributed by atoms with Crippen LogP contribution in [0, 0.1) is 17.5 Å². The van der Waals surface area contributed by atoms with E-state index in [9.17, 15) is 18.0 Å². The van der Waals surface area contributed by atoms with Gasteiger partial charge >= 0.3 is 6.03 Å². The minimum atomic E-state index is -0.847.